The van der Waals surface area contributed by atoms with Crippen molar-refractivity contribution in [3.8, 4) is 5.75 Å². The van der Waals surface area contributed by atoms with Gasteiger partial charge in [0.25, 0.3) is 5.91 Å². The van der Waals surface area contributed by atoms with Gasteiger partial charge in [0.05, 0.1) is 32.2 Å². The molecule has 1 aliphatic rings. The van der Waals surface area contributed by atoms with E-state index >= 15 is 0 Å². The van der Waals surface area contributed by atoms with Crippen molar-refractivity contribution in [2.45, 2.75) is 57.8 Å². The first kappa shape index (κ1) is 37.5. The van der Waals surface area contributed by atoms with Crippen LogP contribution in [0.1, 0.15) is 50.8 Å². The number of benzene rings is 2. The summed E-state index contributed by atoms with van der Waals surface area (Å²) < 4.78 is 13.1. The molecule has 2 heterocycles. The fraction of sp³-hybridized carbons (Fsp3) is 0.438. The molecule has 0 bridgehead atoms. The molecule has 0 radical (unpaired) electrons. The van der Waals surface area contributed by atoms with Crippen LogP contribution in [-0.2, 0) is 25.7 Å². The molecule has 3 aromatic rings. The lowest BCUT2D eigenvalue weighted by atomic mass is 9.97. The molecule has 1 unspecified atom stereocenters. The molecule has 4 rings (SSSR count). The van der Waals surface area contributed by atoms with E-state index in [4.69, 9.17) is 15.2 Å². The van der Waals surface area contributed by atoms with E-state index in [1.54, 1.807) is 31.7 Å². The van der Waals surface area contributed by atoms with Crippen molar-refractivity contribution in [1.29, 1.82) is 0 Å². The number of rotatable bonds is 12. The average molecular weight is 664 g/mol. The number of hydrogen-bond acceptors (Lipinski definition) is 7. The van der Waals surface area contributed by atoms with E-state index in [1.165, 1.54) is 6.33 Å². The maximum Gasteiger partial charge on any atom is 0.250 e. The largest absolute Gasteiger partial charge is 0.496 e. The summed E-state index contributed by atoms with van der Waals surface area (Å²) in [5, 5.41) is 5.45. The highest BCUT2D eigenvalue weighted by Gasteiger charge is 2.33. The Morgan fingerprint density at radius 3 is 2.33 bits per heavy atom. The molecule has 0 aliphatic carbocycles. The summed E-state index contributed by atoms with van der Waals surface area (Å²) >= 11 is 0. The van der Waals surface area contributed by atoms with Gasteiger partial charge in [-0.15, -0.1) is 24.8 Å². The molecule has 0 spiro atoms. The molecule has 4 N–H and O–H groups in total. The highest BCUT2D eigenvalue weighted by atomic mass is 35.5. The van der Waals surface area contributed by atoms with E-state index < -0.39 is 29.4 Å². The van der Waals surface area contributed by atoms with E-state index in [-0.39, 0.29) is 49.8 Å². The normalized spacial score (nSPS) is 14.7. The number of aromatic nitrogens is 2. The summed E-state index contributed by atoms with van der Waals surface area (Å²) in [6, 6.07) is 15.1. The van der Waals surface area contributed by atoms with E-state index in [1.807, 2.05) is 59.5 Å². The number of likely N-dealkylation sites (tertiary alicyclic amines) is 1. The standard InChI is InChI=1S/C32H42N6O5.2ClH/c1-22-14-16-37(17-15-22)30(40)28(24-12-8-9-13-26(24)42-4)38-18-27(34-21-38)36-29(39)25(35-31(41)32(2,3)33)20-43-19-23-10-6-5-7-11-23;;/h5-13,18,21-22,25,28H,14-17,19-20,33H2,1-4H3,(H,35,41)(H,36,39);2*1H/t25-,28?;;/m1../s1. The lowest BCUT2D eigenvalue weighted by molar-refractivity contribution is -0.135. The molecule has 1 fully saturated rings. The number of imidazole rings is 1. The molecule has 1 aliphatic heterocycles. The first-order chi connectivity index (χ1) is 20.6. The molecule has 11 nitrogen and oxygen atoms in total. The maximum atomic E-state index is 13.9. The van der Waals surface area contributed by atoms with Gasteiger partial charge in [0.1, 0.15) is 17.8 Å². The van der Waals surface area contributed by atoms with Crippen molar-refractivity contribution in [2.24, 2.45) is 11.7 Å². The average Bonchev–Trinajstić information content (AvgIpc) is 3.44. The number of hydrogen-bond donors (Lipinski definition) is 3. The van der Waals surface area contributed by atoms with Crippen molar-refractivity contribution >= 4 is 48.4 Å². The van der Waals surface area contributed by atoms with Gasteiger partial charge in [0.15, 0.2) is 5.82 Å². The van der Waals surface area contributed by atoms with Gasteiger partial charge in [0.2, 0.25) is 11.8 Å². The third-order valence-electron chi connectivity index (χ3n) is 7.52. The quantitative estimate of drug-likeness (QED) is 0.267. The number of anilines is 1. The van der Waals surface area contributed by atoms with Crippen LogP contribution in [0.5, 0.6) is 5.75 Å². The Balaban J connectivity index is 0.00000353. The second-order valence-electron chi connectivity index (χ2n) is 11.6. The number of carbonyl (C=O) groups excluding carboxylic acids is 3. The Hall–Kier alpha value is -3.64. The number of nitrogens with zero attached hydrogens (tertiary/aromatic N) is 3. The molecule has 13 heteroatoms. The molecule has 3 amide bonds. The van der Waals surface area contributed by atoms with Crippen LogP contribution in [0.15, 0.2) is 67.1 Å². The molecular weight excluding hydrogens is 619 g/mol. The van der Waals surface area contributed by atoms with Gasteiger partial charge in [-0.05, 0) is 44.2 Å². The highest BCUT2D eigenvalue weighted by Crippen LogP contribution is 2.31. The van der Waals surface area contributed by atoms with Crippen LogP contribution >= 0.6 is 24.8 Å². The van der Waals surface area contributed by atoms with Gasteiger partial charge in [-0.25, -0.2) is 4.98 Å². The predicted molar refractivity (Wildman–Crippen MR) is 178 cm³/mol. The van der Waals surface area contributed by atoms with Gasteiger partial charge in [-0.3, -0.25) is 14.4 Å². The minimum Gasteiger partial charge on any atom is -0.496 e. The van der Waals surface area contributed by atoms with E-state index in [0.29, 0.717) is 30.3 Å². The van der Waals surface area contributed by atoms with Crippen LogP contribution in [0.4, 0.5) is 5.82 Å². The van der Waals surface area contributed by atoms with Crippen molar-refractivity contribution in [2.75, 3.05) is 32.1 Å². The van der Waals surface area contributed by atoms with Crippen molar-refractivity contribution in [3.05, 3.63) is 78.2 Å². The summed E-state index contributed by atoms with van der Waals surface area (Å²) in [5.74, 6) is 0.267. The van der Waals surface area contributed by atoms with Gasteiger partial charge in [-0.2, -0.15) is 0 Å². The Morgan fingerprint density at radius 1 is 1.04 bits per heavy atom. The fourth-order valence-electron chi connectivity index (χ4n) is 4.87. The van der Waals surface area contributed by atoms with E-state index in [0.717, 1.165) is 18.4 Å². The molecular formula is C32H44Cl2N6O5. The number of ether oxygens (including phenoxy) is 2. The zero-order valence-corrected chi connectivity index (χ0v) is 27.7. The molecule has 246 valence electrons. The summed E-state index contributed by atoms with van der Waals surface area (Å²) in [6.45, 7) is 6.83. The van der Waals surface area contributed by atoms with Crippen LogP contribution in [0.3, 0.4) is 0 Å². The highest BCUT2D eigenvalue weighted by molar-refractivity contribution is 5.98. The third-order valence-corrected chi connectivity index (χ3v) is 7.52. The molecule has 2 aromatic carbocycles. The molecule has 45 heavy (non-hydrogen) atoms. The van der Waals surface area contributed by atoms with Crippen LogP contribution in [0.25, 0.3) is 0 Å². The fourth-order valence-corrected chi connectivity index (χ4v) is 4.87. The number of piperidine rings is 1. The Labute approximate surface area is 277 Å². The van der Waals surface area contributed by atoms with E-state index in [9.17, 15) is 14.4 Å². The zero-order valence-electron chi connectivity index (χ0n) is 26.1. The van der Waals surface area contributed by atoms with Gasteiger partial charge in [0, 0.05) is 24.8 Å². The molecule has 2 atom stereocenters. The Morgan fingerprint density at radius 2 is 1.69 bits per heavy atom. The maximum absolute atomic E-state index is 13.9. The third kappa shape index (κ3) is 10.2. The predicted octanol–water partition coefficient (Wildman–Crippen LogP) is 3.96. The summed E-state index contributed by atoms with van der Waals surface area (Å²) in [6.07, 6.45) is 5.00. The summed E-state index contributed by atoms with van der Waals surface area (Å²) in [5.41, 5.74) is 6.39. The number of methoxy groups -OCH3 is 1. The van der Waals surface area contributed by atoms with Crippen LogP contribution < -0.4 is 21.1 Å². The number of para-hydroxylation sites is 1. The van der Waals surface area contributed by atoms with E-state index in [2.05, 4.69) is 22.5 Å². The van der Waals surface area contributed by atoms with Gasteiger partial charge < -0.3 is 35.3 Å². The lowest BCUT2D eigenvalue weighted by Gasteiger charge is -2.33. The number of amides is 3. The molecule has 0 saturated carbocycles. The number of halogens is 2. The Kier molecular flexibility index (Phi) is 14.3. The topological polar surface area (TPSA) is 141 Å². The minimum atomic E-state index is -1.20. The van der Waals surface area contributed by atoms with Crippen molar-refractivity contribution in [3.63, 3.8) is 0 Å². The Bertz CT molecular complexity index is 1390. The van der Waals surface area contributed by atoms with Crippen LogP contribution in [0, 0.1) is 5.92 Å². The lowest BCUT2D eigenvalue weighted by Crippen LogP contribution is -2.56. The second kappa shape index (κ2) is 17.2. The van der Waals surface area contributed by atoms with Crippen molar-refractivity contribution < 1.29 is 23.9 Å². The number of nitrogens with two attached hydrogens (primary N) is 1. The first-order valence-corrected chi connectivity index (χ1v) is 14.5. The second-order valence-corrected chi connectivity index (χ2v) is 11.6. The minimum absolute atomic E-state index is 0. The molecule has 1 aromatic heterocycles. The van der Waals surface area contributed by atoms with Crippen LogP contribution in [-0.4, -0.2) is 70.6 Å². The smallest absolute Gasteiger partial charge is 0.250 e. The van der Waals surface area contributed by atoms with Gasteiger partial charge in [-0.1, -0.05) is 55.5 Å². The van der Waals surface area contributed by atoms with Crippen molar-refractivity contribution in [1.82, 2.24) is 19.8 Å². The number of nitrogens with one attached hydrogen (secondary N) is 2. The SMILES string of the molecule is COc1ccccc1C(C(=O)N1CCC(C)CC1)n1cnc(NC(=O)[C@@H](COCc2ccccc2)NC(=O)C(C)(C)N)c1.Cl.Cl. The number of carbonyl (C=O) groups is 3. The summed E-state index contributed by atoms with van der Waals surface area (Å²) in [4.78, 5) is 46.2. The summed E-state index contributed by atoms with van der Waals surface area (Å²) in [7, 11) is 1.57. The first-order valence-electron chi connectivity index (χ1n) is 14.5. The molecule has 1 saturated heterocycles. The monoisotopic (exact) mass is 662 g/mol. The van der Waals surface area contributed by atoms with Crippen LogP contribution in [0.2, 0.25) is 0 Å². The zero-order chi connectivity index (χ0) is 31.0. The van der Waals surface area contributed by atoms with Gasteiger partial charge >= 0.3 is 0 Å².